The summed E-state index contributed by atoms with van der Waals surface area (Å²) in [6, 6.07) is 53.9. The fourth-order valence-corrected chi connectivity index (χ4v) is 10.7. The predicted molar refractivity (Wildman–Crippen MR) is 530 cm³/mol. The van der Waals surface area contributed by atoms with E-state index in [2.05, 4.69) is 143 Å². The molecular weight excluding hydrogens is 2500 g/mol. The number of Topliss-reactive ketones (excluding diaryl/α,β-unsaturated/α-hetero) is 3. The summed E-state index contributed by atoms with van der Waals surface area (Å²) in [5.74, 6) is -13.4. The maximum Gasteiger partial charge on any atom is 0.327 e. The van der Waals surface area contributed by atoms with Gasteiger partial charge in [0, 0.05) is 50.2 Å². The second kappa shape index (κ2) is 64.2. The van der Waals surface area contributed by atoms with Crippen LogP contribution in [0.25, 0.3) is 10.8 Å². The van der Waals surface area contributed by atoms with E-state index in [9.17, 15) is 132 Å². The zero-order valence-electron chi connectivity index (χ0n) is 75.7. The summed E-state index contributed by atoms with van der Waals surface area (Å²) in [5, 5.41) is 97.4. The Balaban J connectivity index is 0.000000544. The summed E-state index contributed by atoms with van der Waals surface area (Å²) >= 11 is 33.3. The molecule has 0 saturated carbocycles. The Hall–Kier alpha value is -12.5. The van der Waals surface area contributed by atoms with Crippen LogP contribution in [-0.2, 0) is 43.2 Å². The highest BCUT2D eigenvalue weighted by Gasteiger charge is 2.29. The molecule has 2 unspecified atom stereocenters. The average Bonchev–Trinajstić information content (AvgIpc) is 0.791. The standard InChI is InChI=1S/C13H9BrO4.C12H13BrO4.C11H10BrClO4.2C11H11BrO4.3C10H9BrO4.C9H7BrO4/c14-7-12(15)18-11-6-5-10(13(16)17)8-3-1-2-4-9(8)11;1-12(2,13)10(14)7-17-9-5-3-8(4-6-9)11(15)16;1-11(2,12)10(16)17-6-3-4-7(9(14)15)8(13)5-6;1-11(2,12)10(15)16-8-6-4-3-5-7(8)9(13)14;1-7(12)10(13)6-16-9-4-2-8(3-5-9)11(14)15;1-6(11)10(14)15-8-5-3-2-4-7(8)9(12)13;11-5-8(12)6-15-9-3-1-7(2-4-9)10(13)14;11-6-5-9(12)15-8-4-2-1-3-7(8)10(13)14;10-5-8(11)14-7-4-2-1-3-6(7)9(12)13/h1-6H,7H2,(H,16,17);3-6H,7H2,1-2H3,(H,15,16);3-5H,1-2H3,(H,14,15);3-6H,1-2H3,(H,13,14);2-5,7H,6H2,1H3,(H,14,15);2-6H,1H3,(H,12,13);2*1-4H,5-6H2,(H,13,14);1-4H,5H2,(H,12,13)/p-9. The minimum Gasteiger partial charge on any atom is -0.545 e. The topological polar surface area (TPSA) is 598 Å². The first kappa shape index (κ1) is 127. The van der Waals surface area contributed by atoms with Gasteiger partial charge in [-0.05, 0) is 223 Å². The van der Waals surface area contributed by atoms with Crippen LogP contribution in [0, 0.1) is 0 Å². The Labute approximate surface area is 896 Å². The minimum absolute atomic E-state index is 0.00282. The lowest BCUT2D eigenvalue weighted by Crippen LogP contribution is -2.30. The molecule has 10 rings (SSSR count). The quantitative estimate of drug-likeness (QED) is 0.0207. The molecule has 0 aliphatic carbocycles. The van der Waals surface area contributed by atoms with Crippen molar-refractivity contribution in [2.24, 2.45) is 0 Å². The third kappa shape index (κ3) is 48.4. The molecule has 46 heteroatoms. The van der Waals surface area contributed by atoms with Gasteiger partial charge in [-0.15, -0.1) is 0 Å². The fourth-order valence-electron chi connectivity index (χ4n) is 9.20. The summed E-state index contributed by atoms with van der Waals surface area (Å²) in [6.07, 6.45) is 0.182. The van der Waals surface area contributed by atoms with E-state index in [0.29, 0.717) is 39.1 Å². The molecule has 0 amide bonds. The number of fused-ring (bicyclic) bond motifs is 1. The van der Waals surface area contributed by atoms with Gasteiger partial charge >= 0.3 is 35.8 Å². The summed E-state index contributed by atoms with van der Waals surface area (Å²) in [6.45, 7) is 13.1. The van der Waals surface area contributed by atoms with Crippen molar-refractivity contribution in [3.05, 3.63) is 280 Å². The van der Waals surface area contributed by atoms with Gasteiger partial charge < -0.3 is 132 Å². The number of rotatable bonds is 34. The van der Waals surface area contributed by atoms with Crippen LogP contribution in [0.15, 0.2) is 224 Å². The fraction of sp³-hybridized carbons (Fsp3) is 0.216. The number of carboxylic acid groups (broad SMARTS) is 9. The van der Waals surface area contributed by atoms with E-state index in [4.69, 9.17) is 54.2 Å². The van der Waals surface area contributed by atoms with Crippen molar-refractivity contribution in [1.82, 2.24) is 0 Å². The molecule has 0 heterocycles. The highest BCUT2D eigenvalue weighted by Crippen LogP contribution is 2.31. The third-order valence-corrected chi connectivity index (χ3v) is 20.7. The number of esters is 6. The molecule has 0 radical (unpaired) electrons. The first-order valence-electron chi connectivity index (χ1n) is 40.2. The number of halogens is 10. The van der Waals surface area contributed by atoms with Gasteiger partial charge in [0.1, 0.15) is 95.7 Å². The summed E-state index contributed by atoms with van der Waals surface area (Å²) in [7, 11) is 0. The van der Waals surface area contributed by atoms with Crippen LogP contribution in [0.4, 0.5) is 0 Å². The maximum atomic E-state index is 11.5. The van der Waals surface area contributed by atoms with E-state index in [1.54, 1.807) is 104 Å². The molecular formula is C97H79Br9ClO36-9. The summed E-state index contributed by atoms with van der Waals surface area (Å²) < 4.78 is 42.7. The summed E-state index contributed by atoms with van der Waals surface area (Å²) in [4.78, 5) is 196. The number of hydrogen-bond acceptors (Lipinski definition) is 36. The molecule has 2 atom stereocenters. The number of carboxylic acids is 9. The molecule has 0 saturated heterocycles. The molecule has 762 valence electrons. The number of carbonyl (C=O) groups is 18. The molecule has 0 fully saturated rings. The van der Waals surface area contributed by atoms with Crippen LogP contribution in [0.3, 0.4) is 0 Å². The van der Waals surface area contributed by atoms with Gasteiger partial charge in [0.05, 0.1) is 79.6 Å². The molecule has 36 nitrogen and oxygen atoms in total. The van der Waals surface area contributed by atoms with E-state index in [1.807, 2.05) is 0 Å². The number of ketones is 3. The van der Waals surface area contributed by atoms with Gasteiger partial charge in [-0.3, -0.25) is 43.2 Å². The van der Waals surface area contributed by atoms with Gasteiger partial charge in [-0.25, -0.2) is 0 Å². The van der Waals surface area contributed by atoms with Crippen LogP contribution >= 0.6 is 155 Å². The van der Waals surface area contributed by atoms with Crippen LogP contribution in [0.1, 0.15) is 155 Å². The minimum atomic E-state index is -1.38. The smallest absolute Gasteiger partial charge is 0.327 e. The molecule has 0 aliphatic rings. The lowest BCUT2D eigenvalue weighted by molar-refractivity contribution is -0.256. The van der Waals surface area contributed by atoms with E-state index in [0.717, 1.165) is 0 Å². The van der Waals surface area contributed by atoms with Gasteiger partial charge in [0.15, 0.2) is 17.3 Å². The predicted octanol–water partition coefficient (Wildman–Crippen LogP) is 8.59. The van der Waals surface area contributed by atoms with Crippen LogP contribution < -0.4 is 88.6 Å². The summed E-state index contributed by atoms with van der Waals surface area (Å²) in [5.41, 5.74) is -0.395. The van der Waals surface area contributed by atoms with Crippen LogP contribution in [0.2, 0.25) is 5.02 Å². The van der Waals surface area contributed by atoms with E-state index >= 15 is 0 Å². The van der Waals surface area contributed by atoms with E-state index < -0.39 is 107 Å². The van der Waals surface area contributed by atoms with E-state index in [1.165, 1.54) is 176 Å². The van der Waals surface area contributed by atoms with Crippen molar-refractivity contribution in [3.63, 3.8) is 0 Å². The Bertz CT molecular complexity index is 6110. The van der Waals surface area contributed by atoms with Crippen molar-refractivity contribution < 1.29 is 175 Å². The Kier molecular flexibility index (Phi) is 56.9. The third-order valence-electron chi connectivity index (χ3n) is 16.5. The Morgan fingerprint density at radius 2 is 0.622 bits per heavy atom. The molecule has 0 aromatic heterocycles. The maximum absolute atomic E-state index is 11.5. The highest BCUT2D eigenvalue weighted by atomic mass is 79.9. The second-order valence-electron chi connectivity index (χ2n) is 28.8. The van der Waals surface area contributed by atoms with Gasteiger partial charge in [0.2, 0.25) is 0 Å². The van der Waals surface area contributed by atoms with Crippen molar-refractivity contribution in [3.8, 4) is 51.7 Å². The van der Waals surface area contributed by atoms with Crippen LogP contribution in [0.5, 0.6) is 51.7 Å². The molecule has 143 heavy (non-hydrogen) atoms. The molecule has 0 aliphatic heterocycles. The van der Waals surface area contributed by atoms with Crippen molar-refractivity contribution in [2.45, 2.75) is 84.4 Å². The second-order valence-corrected chi connectivity index (χ2v) is 40.4. The zero-order chi connectivity index (χ0) is 108. The molecule has 10 aromatic rings. The number of para-hydroxylation sites is 4. The Morgan fingerprint density at radius 3 is 0.951 bits per heavy atom. The highest BCUT2D eigenvalue weighted by molar-refractivity contribution is 9.11. The van der Waals surface area contributed by atoms with E-state index in [-0.39, 0.29) is 148 Å². The average molecular weight is 2580 g/mol. The van der Waals surface area contributed by atoms with Gasteiger partial charge in [0.25, 0.3) is 0 Å². The molecule has 0 N–H and O–H groups in total. The van der Waals surface area contributed by atoms with Gasteiger partial charge in [-0.1, -0.05) is 228 Å². The number of ether oxygens (including phenoxy) is 9. The number of aromatic carboxylic acids is 9. The first-order valence-corrected chi connectivity index (χ1v) is 49.2. The lowest BCUT2D eigenvalue weighted by Gasteiger charge is -2.16. The number of benzene rings is 10. The molecule has 10 aromatic carbocycles. The monoisotopic (exact) mass is 2560 g/mol. The normalized spacial score (nSPS) is 10.7. The first-order chi connectivity index (χ1) is 66.9. The van der Waals surface area contributed by atoms with Crippen molar-refractivity contribution >= 4 is 273 Å². The lowest BCUT2D eigenvalue weighted by atomic mass is 10.0. The van der Waals surface area contributed by atoms with Crippen molar-refractivity contribution in [2.75, 3.05) is 41.1 Å². The number of carbonyl (C=O) groups excluding carboxylic acids is 18. The SMILES string of the molecule is CC(Br)C(=O)COc1ccc(C(=O)[O-])cc1.CC(Br)C(=O)Oc1ccccc1C(=O)[O-].CC(C)(Br)C(=O)COc1ccc(C(=O)[O-])cc1.CC(C)(Br)C(=O)Oc1ccc(C(=O)[O-])c(Cl)c1.CC(C)(Br)C(=O)Oc1ccccc1C(=O)[O-].O=C(CBr)COc1ccc(C(=O)[O-])cc1.O=C(CBr)Oc1ccc(C(=O)[O-])c2ccccc12.O=C(CBr)Oc1ccccc1C(=O)[O-].O=C(CCBr)Oc1ccccc1C(=O)[O-]. The van der Waals surface area contributed by atoms with Gasteiger partial charge in [-0.2, -0.15) is 0 Å². The number of hydrogen-bond donors (Lipinski definition) is 0. The Morgan fingerprint density at radius 1 is 0.308 bits per heavy atom. The van der Waals surface area contributed by atoms with Crippen molar-refractivity contribution in [1.29, 1.82) is 0 Å². The number of alkyl halides is 9. The largest absolute Gasteiger partial charge is 0.545 e. The zero-order valence-corrected chi connectivity index (χ0v) is 90.7. The van der Waals surface area contributed by atoms with Crippen LogP contribution in [-0.4, -0.2) is 171 Å². The molecule has 0 bridgehead atoms. The molecule has 0 spiro atoms.